The Morgan fingerprint density at radius 2 is 1.89 bits per heavy atom. The summed E-state index contributed by atoms with van der Waals surface area (Å²) in [7, 11) is -3.69. The maximum Gasteiger partial charge on any atom is 0.256 e. The molecule has 0 unspecified atom stereocenters. The molecular formula is C19H18N4O3S. The number of carbonyl (C=O) groups is 1. The molecule has 7 nitrogen and oxygen atoms in total. The second kappa shape index (κ2) is 6.98. The van der Waals surface area contributed by atoms with Crippen LogP contribution >= 0.6 is 0 Å². The zero-order chi connectivity index (χ0) is 18.9. The van der Waals surface area contributed by atoms with Crippen molar-refractivity contribution >= 4 is 21.7 Å². The Labute approximate surface area is 157 Å². The zero-order valence-corrected chi connectivity index (χ0v) is 15.2. The van der Waals surface area contributed by atoms with Crippen molar-refractivity contribution in [3.8, 4) is 0 Å². The number of nitrogens with zero attached hydrogens (tertiary/aromatic N) is 2. The lowest BCUT2D eigenvalue weighted by Crippen LogP contribution is -2.36. The van der Waals surface area contributed by atoms with Crippen LogP contribution in [0.2, 0.25) is 0 Å². The summed E-state index contributed by atoms with van der Waals surface area (Å²) >= 11 is 0. The summed E-state index contributed by atoms with van der Waals surface area (Å²) in [6.45, 7) is 0.757. The molecule has 0 fully saturated rings. The minimum absolute atomic E-state index is 0.110. The van der Waals surface area contributed by atoms with Gasteiger partial charge in [0, 0.05) is 24.7 Å². The Morgan fingerprint density at radius 3 is 2.67 bits per heavy atom. The van der Waals surface area contributed by atoms with Gasteiger partial charge in [0.05, 0.1) is 11.1 Å². The maximum absolute atomic E-state index is 13.1. The molecule has 0 radical (unpaired) electrons. The molecule has 0 saturated heterocycles. The molecule has 4 rings (SSSR count). The summed E-state index contributed by atoms with van der Waals surface area (Å²) < 4.78 is 27.6. The summed E-state index contributed by atoms with van der Waals surface area (Å²) in [6.07, 6.45) is 2.19. The molecule has 1 aliphatic rings. The lowest BCUT2D eigenvalue weighted by Gasteiger charge is -2.28. The van der Waals surface area contributed by atoms with E-state index in [0.29, 0.717) is 25.3 Å². The zero-order valence-electron chi connectivity index (χ0n) is 14.4. The summed E-state index contributed by atoms with van der Waals surface area (Å²) in [4.78, 5) is 12.5. The van der Waals surface area contributed by atoms with Crippen molar-refractivity contribution < 1.29 is 13.2 Å². The molecule has 0 saturated carbocycles. The lowest BCUT2D eigenvalue weighted by atomic mass is 10.0. The predicted octanol–water partition coefficient (Wildman–Crippen LogP) is 2.41. The fourth-order valence-electron chi connectivity index (χ4n) is 3.14. The molecule has 0 atom stereocenters. The van der Waals surface area contributed by atoms with Gasteiger partial charge in [-0.05, 0) is 35.7 Å². The van der Waals surface area contributed by atoms with Crippen LogP contribution in [-0.4, -0.2) is 35.4 Å². The third-order valence-corrected chi connectivity index (χ3v) is 6.42. The average molecular weight is 382 g/mol. The van der Waals surface area contributed by atoms with E-state index in [1.54, 1.807) is 18.2 Å². The van der Waals surface area contributed by atoms with Gasteiger partial charge in [-0.2, -0.15) is 9.40 Å². The predicted molar refractivity (Wildman–Crippen MR) is 101 cm³/mol. The Hall–Kier alpha value is -2.97. The fourth-order valence-corrected chi connectivity index (χ4v) is 4.61. The number of sulfonamides is 1. The largest absolute Gasteiger partial charge is 0.307 e. The highest BCUT2D eigenvalue weighted by molar-refractivity contribution is 7.89. The third-order valence-electron chi connectivity index (χ3n) is 4.58. The molecule has 2 heterocycles. The number of H-pyrrole nitrogens is 1. The number of hydrogen-bond donors (Lipinski definition) is 2. The smallest absolute Gasteiger partial charge is 0.256 e. The summed E-state index contributed by atoms with van der Waals surface area (Å²) in [5.41, 5.74) is 2.46. The van der Waals surface area contributed by atoms with Crippen LogP contribution in [0.3, 0.4) is 0 Å². The van der Waals surface area contributed by atoms with Gasteiger partial charge in [-0.25, -0.2) is 8.42 Å². The first kappa shape index (κ1) is 17.4. The van der Waals surface area contributed by atoms with Gasteiger partial charge in [-0.15, -0.1) is 0 Å². The average Bonchev–Trinajstić information content (AvgIpc) is 3.20. The van der Waals surface area contributed by atoms with Gasteiger partial charge in [0.15, 0.2) is 0 Å². The van der Waals surface area contributed by atoms with Gasteiger partial charge in [0.1, 0.15) is 5.82 Å². The first-order valence-corrected chi connectivity index (χ1v) is 9.96. The number of aromatic amines is 1. The topological polar surface area (TPSA) is 95.2 Å². The van der Waals surface area contributed by atoms with E-state index in [2.05, 4.69) is 15.5 Å². The van der Waals surface area contributed by atoms with Crippen LogP contribution in [0.15, 0.2) is 65.7 Å². The number of benzene rings is 2. The van der Waals surface area contributed by atoms with Crippen LogP contribution in [0.1, 0.15) is 21.5 Å². The summed E-state index contributed by atoms with van der Waals surface area (Å²) in [5, 5.41) is 9.04. The van der Waals surface area contributed by atoms with Gasteiger partial charge in [0.2, 0.25) is 10.0 Å². The van der Waals surface area contributed by atoms with E-state index in [0.717, 1.165) is 5.56 Å². The molecule has 2 N–H and O–H groups in total. The van der Waals surface area contributed by atoms with Crippen molar-refractivity contribution in [3.05, 3.63) is 77.5 Å². The van der Waals surface area contributed by atoms with Crippen molar-refractivity contribution in [3.63, 3.8) is 0 Å². The van der Waals surface area contributed by atoms with Crippen LogP contribution in [0.25, 0.3) is 0 Å². The Balaban J connectivity index is 1.58. The van der Waals surface area contributed by atoms with Crippen molar-refractivity contribution in [2.75, 3.05) is 11.9 Å². The Kier molecular flexibility index (Phi) is 4.51. The minimum Gasteiger partial charge on any atom is -0.307 e. The van der Waals surface area contributed by atoms with Crippen molar-refractivity contribution in [2.45, 2.75) is 17.9 Å². The van der Waals surface area contributed by atoms with Crippen LogP contribution in [-0.2, 0) is 23.0 Å². The standard InChI is InChI=1S/C19H18N4O3S/c24-19(21-18-8-10-20-22-18)15-6-3-7-17(12-15)27(25,26)23-11-9-14-4-1-2-5-16(14)13-23/h1-8,10,12H,9,11,13H2,(H2,20,21,22,24). The third kappa shape index (κ3) is 3.49. The molecule has 2 aromatic carbocycles. The summed E-state index contributed by atoms with van der Waals surface area (Å²) in [6, 6.07) is 15.5. The van der Waals surface area contributed by atoms with Crippen molar-refractivity contribution in [2.24, 2.45) is 0 Å². The van der Waals surface area contributed by atoms with E-state index >= 15 is 0 Å². The van der Waals surface area contributed by atoms with E-state index in [1.807, 2.05) is 24.3 Å². The number of rotatable bonds is 4. The minimum atomic E-state index is -3.69. The molecular weight excluding hydrogens is 364 g/mol. The lowest BCUT2D eigenvalue weighted by molar-refractivity contribution is 0.102. The molecule has 0 spiro atoms. The number of aromatic nitrogens is 2. The van der Waals surface area contributed by atoms with Crippen LogP contribution < -0.4 is 5.32 Å². The van der Waals surface area contributed by atoms with E-state index in [1.165, 1.54) is 28.2 Å². The molecule has 1 aromatic heterocycles. The van der Waals surface area contributed by atoms with Crippen LogP contribution in [0.4, 0.5) is 5.82 Å². The van der Waals surface area contributed by atoms with Crippen LogP contribution in [0.5, 0.6) is 0 Å². The monoisotopic (exact) mass is 382 g/mol. The van der Waals surface area contributed by atoms with E-state index in [-0.39, 0.29) is 10.5 Å². The number of nitrogens with one attached hydrogen (secondary N) is 2. The molecule has 0 bridgehead atoms. The second-order valence-electron chi connectivity index (χ2n) is 6.31. The second-order valence-corrected chi connectivity index (χ2v) is 8.25. The molecule has 138 valence electrons. The SMILES string of the molecule is O=C(Nc1ccn[nH]1)c1cccc(S(=O)(=O)N2CCc3ccccc3C2)c1. The highest BCUT2D eigenvalue weighted by Crippen LogP contribution is 2.25. The fraction of sp³-hybridized carbons (Fsp3) is 0.158. The first-order valence-electron chi connectivity index (χ1n) is 8.52. The molecule has 8 heteroatoms. The van der Waals surface area contributed by atoms with Gasteiger partial charge < -0.3 is 5.32 Å². The van der Waals surface area contributed by atoms with E-state index in [9.17, 15) is 13.2 Å². The molecule has 27 heavy (non-hydrogen) atoms. The maximum atomic E-state index is 13.1. The van der Waals surface area contributed by atoms with Gasteiger partial charge >= 0.3 is 0 Å². The molecule has 1 amide bonds. The van der Waals surface area contributed by atoms with Gasteiger partial charge in [-0.3, -0.25) is 9.89 Å². The number of amides is 1. The van der Waals surface area contributed by atoms with Gasteiger partial charge in [-0.1, -0.05) is 30.3 Å². The molecule has 0 aliphatic carbocycles. The summed E-state index contributed by atoms with van der Waals surface area (Å²) in [5.74, 6) is 0.0428. The highest BCUT2D eigenvalue weighted by Gasteiger charge is 2.28. The molecule has 3 aromatic rings. The Bertz CT molecular complexity index is 1080. The normalized spacial score (nSPS) is 14.5. The van der Waals surface area contributed by atoms with E-state index in [4.69, 9.17) is 0 Å². The molecule has 1 aliphatic heterocycles. The highest BCUT2D eigenvalue weighted by atomic mass is 32.2. The van der Waals surface area contributed by atoms with E-state index < -0.39 is 15.9 Å². The van der Waals surface area contributed by atoms with Crippen molar-refractivity contribution in [1.29, 1.82) is 0 Å². The number of hydrogen-bond acceptors (Lipinski definition) is 4. The quantitative estimate of drug-likeness (QED) is 0.724. The Morgan fingerprint density at radius 1 is 1.07 bits per heavy atom. The van der Waals surface area contributed by atoms with Gasteiger partial charge in [0.25, 0.3) is 5.91 Å². The first-order chi connectivity index (χ1) is 13.0. The van der Waals surface area contributed by atoms with Crippen molar-refractivity contribution in [1.82, 2.24) is 14.5 Å². The number of fused-ring (bicyclic) bond motifs is 1. The number of carbonyl (C=O) groups excluding carboxylic acids is 1. The number of anilines is 1. The van der Waals surface area contributed by atoms with Crippen LogP contribution in [0, 0.1) is 0 Å².